The van der Waals surface area contributed by atoms with Crippen molar-refractivity contribution in [3.63, 3.8) is 0 Å². The van der Waals surface area contributed by atoms with E-state index in [2.05, 4.69) is 20.6 Å². The topological polar surface area (TPSA) is 75.9 Å². The predicted octanol–water partition coefficient (Wildman–Crippen LogP) is 2.40. The number of halogens is 2. The maximum atomic E-state index is 12.9. The Balaban J connectivity index is 0.00000131. The van der Waals surface area contributed by atoms with Gasteiger partial charge in [0.15, 0.2) is 5.69 Å². The van der Waals surface area contributed by atoms with E-state index in [0.717, 1.165) is 35.4 Å². The standard InChI is InChI=1S/C18H20N6O.2ClH/c1-12-11-19-9-10-23(12)18(25)17-13(2)24(22-21-17)16-7-3-6-15-14(16)5-4-8-20-15;;/h3-8,12,19H,9-11H2,1-2H3;2*1H/t12-;;/m0../s1. The minimum atomic E-state index is -0.0592. The molecule has 1 aliphatic heterocycles. The number of pyridine rings is 1. The number of amides is 1. The SMILES string of the molecule is Cc1c(C(=O)N2CCNC[C@@H]2C)nnn1-c1cccc2ncccc12.Cl.Cl. The summed E-state index contributed by atoms with van der Waals surface area (Å²) >= 11 is 0. The summed E-state index contributed by atoms with van der Waals surface area (Å²) < 4.78 is 1.73. The van der Waals surface area contributed by atoms with E-state index in [1.807, 2.05) is 49.1 Å². The molecule has 1 aromatic carbocycles. The fourth-order valence-electron chi connectivity index (χ4n) is 3.31. The molecule has 0 unspecified atom stereocenters. The smallest absolute Gasteiger partial charge is 0.276 e. The van der Waals surface area contributed by atoms with Crippen LogP contribution in [-0.2, 0) is 0 Å². The normalized spacial score (nSPS) is 16.5. The summed E-state index contributed by atoms with van der Waals surface area (Å²) in [6.45, 7) is 6.21. The van der Waals surface area contributed by atoms with Crippen molar-refractivity contribution in [1.82, 2.24) is 30.2 Å². The van der Waals surface area contributed by atoms with Crippen LogP contribution in [0, 0.1) is 6.92 Å². The van der Waals surface area contributed by atoms with E-state index in [4.69, 9.17) is 0 Å². The summed E-state index contributed by atoms with van der Waals surface area (Å²) in [7, 11) is 0. The maximum Gasteiger partial charge on any atom is 0.276 e. The Labute approximate surface area is 170 Å². The quantitative estimate of drug-likeness (QED) is 0.704. The van der Waals surface area contributed by atoms with E-state index in [9.17, 15) is 4.79 Å². The Morgan fingerprint density at radius 3 is 2.81 bits per heavy atom. The van der Waals surface area contributed by atoms with E-state index >= 15 is 0 Å². The van der Waals surface area contributed by atoms with Crippen molar-refractivity contribution in [1.29, 1.82) is 0 Å². The lowest BCUT2D eigenvalue weighted by Gasteiger charge is -2.33. The van der Waals surface area contributed by atoms with Crippen LogP contribution in [0.4, 0.5) is 0 Å². The number of nitrogens with one attached hydrogen (secondary N) is 1. The second-order valence-electron chi connectivity index (χ2n) is 6.33. The van der Waals surface area contributed by atoms with Crippen LogP contribution < -0.4 is 5.32 Å². The molecule has 1 aliphatic rings. The van der Waals surface area contributed by atoms with Gasteiger partial charge in [0, 0.05) is 37.3 Å². The predicted molar refractivity (Wildman–Crippen MR) is 109 cm³/mol. The Kier molecular flexibility index (Phi) is 6.75. The number of carbonyl (C=O) groups excluding carboxylic acids is 1. The van der Waals surface area contributed by atoms with Gasteiger partial charge in [0.2, 0.25) is 0 Å². The first-order valence-electron chi connectivity index (χ1n) is 8.45. The zero-order valence-corrected chi connectivity index (χ0v) is 16.8. The third-order valence-corrected chi connectivity index (χ3v) is 4.71. The molecule has 144 valence electrons. The van der Waals surface area contributed by atoms with Crippen molar-refractivity contribution >= 4 is 41.6 Å². The zero-order valence-electron chi connectivity index (χ0n) is 15.1. The molecular weight excluding hydrogens is 387 g/mol. The highest BCUT2D eigenvalue weighted by Gasteiger charge is 2.28. The number of benzene rings is 1. The zero-order chi connectivity index (χ0) is 17.4. The van der Waals surface area contributed by atoms with Gasteiger partial charge >= 0.3 is 0 Å². The highest BCUT2D eigenvalue weighted by molar-refractivity contribution is 5.94. The summed E-state index contributed by atoms with van der Waals surface area (Å²) in [5.74, 6) is -0.0592. The van der Waals surface area contributed by atoms with Gasteiger partial charge in [-0.05, 0) is 38.1 Å². The molecule has 3 heterocycles. The first-order valence-corrected chi connectivity index (χ1v) is 8.45. The van der Waals surface area contributed by atoms with Gasteiger partial charge in [-0.3, -0.25) is 9.78 Å². The van der Waals surface area contributed by atoms with Crippen molar-refractivity contribution < 1.29 is 4.79 Å². The van der Waals surface area contributed by atoms with E-state index in [0.29, 0.717) is 12.2 Å². The van der Waals surface area contributed by atoms with Crippen LogP contribution in [0.15, 0.2) is 36.5 Å². The summed E-state index contributed by atoms with van der Waals surface area (Å²) in [4.78, 5) is 19.2. The molecule has 0 bridgehead atoms. The summed E-state index contributed by atoms with van der Waals surface area (Å²) in [5.41, 5.74) is 2.92. The molecule has 1 amide bonds. The summed E-state index contributed by atoms with van der Waals surface area (Å²) in [5, 5.41) is 12.7. The molecular formula is C18H22Cl2N6O. The number of hydrogen-bond acceptors (Lipinski definition) is 5. The Morgan fingerprint density at radius 1 is 1.22 bits per heavy atom. The maximum absolute atomic E-state index is 12.9. The number of nitrogens with zero attached hydrogens (tertiary/aromatic N) is 5. The number of carbonyl (C=O) groups is 1. The van der Waals surface area contributed by atoms with Crippen molar-refractivity contribution in [2.45, 2.75) is 19.9 Å². The molecule has 2 aromatic heterocycles. The minimum Gasteiger partial charge on any atom is -0.332 e. The molecule has 27 heavy (non-hydrogen) atoms. The summed E-state index contributed by atoms with van der Waals surface area (Å²) in [6, 6.07) is 9.90. The molecule has 3 aromatic rings. The van der Waals surface area contributed by atoms with Crippen LogP contribution in [0.2, 0.25) is 0 Å². The fraction of sp³-hybridized carbons (Fsp3) is 0.333. The van der Waals surface area contributed by atoms with Gasteiger partial charge in [-0.2, -0.15) is 0 Å². The monoisotopic (exact) mass is 408 g/mol. The van der Waals surface area contributed by atoms with Gasteiger partial charge in [-0.1, -0.05) is 11.3 Å². The van der Waals surface area contributed by atoms with Crippen molar-refractivity contribution in [2.75, 3.05) is 19.6 Å². The molecule has 9 heteroatoms. The highest BCUT2D eigenvalue weighted by atomic mass is 35.5. The highest BCUT2D eigenvalue weighted by Crippen LogP contribution is 2.22. The van der Waals surface area contributed by atoms with Gasteiger partial charge < -0.3 is 10.2 Å². The van der Waals surface area contributed by atoms with Crippen LogP contribution in [0.1, 0.15) is 23.1 Å². The molecule has 0 radical (unpaired) electrons. The molecule has 1 fully saturated rings. The number of fused-ring (bicyclic) bond motifs is 1. The van der Waals surface area contributed by atoms with Gasteiger partial charge in [0.25, 0.3) is 5.91 Å². The second kappa shape index (κ2) is 8.65. The Morgan fingerprint density at radius 2 is 2.04 bits per heavy atom. The third kappa shape index (κ3) is 3.76. The molecule has 1 saturated heterocycles. The van der Waals surface area contributed by atoms with E-state index in [1.165, 1.54) is 0 Å². The van der Waals surface area contributed by atoms with Crippen LogP contribution >= 0.6 is 24.8 Å². The second-order valence-corrected chi connectivity index (χ2v) is 6.33. The van der Waals surface area contributed by atoms with Crippen molar-refractivity contribution in [3.8, 4) is 5.69 Å². The fourth-order valence-corrected chi connectivity index (χ4v) is 3.31. The molecule has 1 atom stereocenters. The summed E-state index contributed by atoms with van der Waals surface area (Å²) in [6.07, 6.45) is 1.76. The largest absolute Gasteiger partial charge is 0.332 e. The molecule has 0 spiro atoms. The van der Waals surface area contributed by atoms with Crippen molar-refractivity contribution in [3.05, 3.63) is 47.9 Å². The first kappa shape index (κ1) is 21.1. The molecule has 1 N–H and O–H groups in total. The lowest BCUT2D eigenvalue weighted by Crippen LogP contribution is -2.52. The van der Waals surface area contributed by atoms with Gasteiger partial charge in [-0.15, -0.1) is 29.9 Å². The van der Waals surface area contributed by atoms with Gasteiger partial charge in [0.05, 0.1) is 16.9 Å². The van der Waals surface area contributed by atoms with Gasteiger partial charge in [0.1, 0.15) is 0 Å². The molecule has 7 nitrogen and oxygen atoms in total. The number of aromatic nitrogens is 4. The lowest BCUT2D eigenvalue weighted by molar-refractivity contribution is 0.0649. The van der Waals surface area contributed by atoms with E-state index in [1.54, 1.807) is 10.9 Å². The van der Waals surface area contributed by atoms with Crippen molar-refractivity contribution in [2.24, 2.45) is 0 Å². The number of hydrogen-bond donors (Lipinski definition) is 1. The molecule has 4 rings (SSSR count). The minimum absolute atomic E-state index is 0. The Hall–Kier alpha value is -2.22. The van der Waals surface area contributed by atoms with Gasteiger partial charge in [-0.25, -0.2) is 4.68 Å². The first-order chi connectivity index (χ1) is 12.2. The van der Waals surface area contributed by atoms with E-state index < -0.39 is 0 Å². The van der Waals surface area contributed by atoms with Crippen LogP contribution in [0.3, 0.4) is 0 Å². The Bertz CT molecular complexity index is 939. The van der Waals surface area contributed by atoms with Crippen LogP contribution in [-0.4, -0.2) is 56.5 Å². The molecule has 0 aliphatic carbocycles. The third-order valence-electron chi connectivity index (χ3n) is 4.71. The van der Waals surface area contributed by atoms with Crippen LogP contribution in [0.5, 0.6) is 0 Å². The van der Waals surface area contributed by atoms with Crippen LogP contribution in [0.25, 0.3) is 16.6 Å². The average molecular weight is 409 g/mol. The van der Waals surface area contributed by atoms with E-state index in [-0.39, 0.29) is 36.8 Å². The molecule has 0 saturated carbocycles. The number of piperazine rings is 1. The lowest BCUT2D eigenvalue weighted by atomic mass is 10.1. The number of rotatable bonds is 2. The average Bonchev–Trinajstić information content (AvgIpc) is 3.02.